The Labute approximate surface area is 116 Å². The number of nitrogens with one attached hydrogen (secondary N) is 1. The first-order chi connectivity index (χ1) is 9.45. The van der Waals surface area contributed by atoms with Crippen LogP contribution in [-0.4, -0.2) is 41.2 Å². The van der Waals surface area contributed by atoms with E-state index >= 15 is 0 Å². The summed E-state index contributed by atoms with van der Waals surface area (Å²) in [4.78, 5) is 22.9. The Balaban J connectivity index is 2.84. The number of aliphatic hydroxyl groups is 1. The molecule has 0 saturated carbocycles. The van der Waals surface area contributed by atoms with E-state index in [0.717, 1.165) is 0 Å². The highest BCUT2D eigenvalue weighted by Gasteiger charge is 2.20. The van der Waals surface area contributed by atoms with Gasteiger partial charge in [-0.3, -0.25) is 9.59 Å². The fraction of sp³-hybridized carbons (Fsp3) is 0.429. The van der Waals surface area contributed by atoms with Gasteiger partial charge in [0.25, 0.3) is 0 Å². The summed E-state index contributed by atoms with van der Waals surface area (Å²) in [5, 5.41) is 20.3. The molecule has 0 radical (unpaired) electrons. The minimum absolute atomic E-state index is 0.116. The van der Waals surface area contributed by atoms with Gasteiger partial charge in [0.15, 0.2) is 5.78 Å². The molecule has 20 heavy (non-hydrogen) atoms. The van der Waals surface area contributed by atoms with Crippen molar-refractivity contribution in [1.82, 2.24) is 5.32 Å². The normalized spacial score (nSPS) is 12.2. The molecule has 0 heterocycles. The summed E-state index contributed by atoms with van der Waals surface area (Å²) < 4.78 is 13.2. The van der Waals surface area contributed by atoms with E-state index in [4.69, 9.17) is 10.2 Å². The molecule has 0 fully saturated rings. The lowest BCUT2D eigenvalue weighted by atomic mass is 9.98. The molecule has 0 spiro atoms. The highest BCUT2D eigenvalue weighted by atomic mass is 19.1. The highest BCUT2D eigenvalue weighted by molar-refractivity contribution is 6.00. The smallest absolute Gasteiger partial charge is 0.303 e. The summed E-state index contributed by atoms with van der Waals surface area (Å²) >= 11 is 0. The molecule has 1 rings (SSSR count). The third-order valence-corrected chi connectivity index (χ3v) is 2.91. The Bertz CT molecular complexity index is 490. The summed E-state index contributed by atoms with van der Waals surface area (Å²) in [6, 6.07) is 3.32. The van der Waals surface area contributed by atoms with Crippen LogP contribution in [0.3, 0.4) is 0 Å². The first-order valence-corrected chi connectivity index (χ1v) is 6.32. The molecule has 0 bridgehead atoms. The summed E-state index contributed by atoms with van der Waals surface area (Å²) in [6.45, 7) is 1.59. The maximum Gasteiger partial charge on any atom is 0.303 e. The first kappa shape index (κ1) is 16.3. The molecular weight excluding hydrogens is 265 g/mol. The second-order valence-electron chi connectivity index (χ2n) is 4.49. The minimum Gasteiger partial charge on any atom is -0.481 e. The molecule has 1 atom stereocenters. The zero-order chi connectivity index (χ0) is 15.1. The van der Waals surface area contributed by atoms with Crippen molar-refractivity contribution >= 4 is 11.8 Å². The largest absolute Gasteiger partial charge is 0.481 e. The third kappa shape index (κ3) is 4.71. The predicted octanol–water partition coefficient (Wildman–Crippen LogP) is 1.13. The standard InChI is InChI=1S/C14H18FNO4/c1-9-8-10(2-3-11(9)15)14(20)12(16-6-7-17)4-5-13(18)19/h2-3,8,12,16-17H,4-7H2,1H3,(H,18,19). The Kier molecular flexibility index (Phi) is 6.27. The van der Waals surface area contributed by atoms with Crippen LogP contribution in [0.15, 0.2) is 18.2 Å². The number of carboxylic acid groups (broad SMARTS) is 1. The van der Waals surface area contributed by atoms with Crippen molar-refractivity contribution in [1.29, 1.82) is 0 Å². The van der Waals surface area contributed by atoms with E-state index in [1.165, 1.54) is 18.2 Å². The number of carbonyl (C=O) groups is 2. The average Bonchev–Trinajstić information content (AvgIpc) is 2.41. The number of carbonyl (C=O) groups excluding carboxylic acids is 1. The van der Waals surface area contributed by atoms with Gasteiger partial charge in [-0.25, -0.2) is 4.39 Å². The molecule has 0 amide bonds. The van der Waals surface area contributed by atoms with E-state index in [1.54, 1.807) is 6.92 Å². The molecule has 0 aliphatic rings. The van der Waals surface area contributed by atoms with Gasteiger partial charge < -0.3 is 15.5 Å². The summed E-state index contributed by atoms with van der Waals surface area (Å²) in [5.41, 5.74) is 0.680. The van der Waals surface area contributed by atoms with E-state index in [0.29, 0.717) is 11.1 Å². The highest BCUT2D eigenvalue weighted by Crippen LogP contribution is 2.13. The maximum atomic E-state index is 13.2. The molecule has 3 N–H and O–H groups in total. The van der Waals surface area contributed by atoms with Crippen LogP contribution in [0.1, 0.15) is 28.8 Å². The number of carboxylic acids is 1. The molecule has 0 aliphatic heterocycles. The molecule has 1 aromatic carbocycles. The van der Waals surface area contributed by atoms with Crippen LogP contribution in [-0.2, 0) is 4.79 Å². The van der Waals surface area contributed by atoms with Gasteiger partial charge in [0.2, 0.25) is 0 Å². The fourth-order valence-corrected chi connectivity index (χ4v) is 1.83. The molecule has 1 aromatic rings. The number of benzene rings is 1. The quantitative estimate of drug-likeness (QED) is 0.623. The van der Waals surface area contributed by atoms with Crippen molar-refractivity contribution in [3.05, 3.63) is 35.1 Å². The van der Waals surface area contributed by atoms with E-state index in [9.17, 15) is 14.0 Å². The van der Waals surface area contributed by atoms with E-state index < -0.39 is 17.8 Å². The number of ketones is 1. The Morgan fingerprint density at radius 2 is 2.10 bits per heavy atom. The van der Waals surface area contributed by atoms with Crippen LogP contribution in [0.5, 0.6) is 0 Å². The average molecular weight is 283 g/mol. The second-order valence-corrected chi connectivity index (χ2v) is 4.49. The van der Waals surface area contributed by atoms with Crippen LogP contribution in [0.4, 0.5) is 4.39 Å². The van der Waals surface area contributed by atoms with Gasteiger partial charge in [-0.05, 0) is 37.1 Å². The number of Topliss-reactive ketones (excluding diaryl/α,β-unsaturated/α-hetero) is 1. The SMILES string of the molecule is Cc1cc(C(=O)C(CCC(=O)O)NCCO)ccc1F. The zero-order valence-electron chi connectivity index (χ0n) is 11.2. The van der Waals surface area contributed by atoms with E-state index in [2.05, 4.69) is 5.32 Å². The minimum atomic E-state index is -0.996. The van der Waals surface area contributed by atoms with Crippen LogP contribution in [0, 0.1) is 12.7 Å². The van der Waals surface area contributed by atoms with Gasteiger partial charge in [-0.15, -0.1) is 0 Å². The lowest BCUT2D eigenvalue weighted by Gasteiger charge is -2.16. The zero-order valence-corrected chi connectivity index (χ0v) is 11.2. The van der Waals surface area contributed by atoms with Gasteiger partial charge in [0.1, 0.15) is 5.82 Å². The summed E-state index contributed by atoms with van der Waals surface area (Å²) in [6.07, 6.45) is -0.0421. The van der Waals surface area contributed by atoms with Crippen molar-refractivity contribution in [2.75, 3.05) is 13.2 Å². The Morgan fingerprint density at radius 3 is 2.65 bits per heavy atom. The number of halogens is 1. The Morgan fingerprint density at radius 1 is 1.40 bits per heavy atom. The number of aryl methyl sites for hydroxylation is 1. The fourth-order valence-electron chi connectivity index (χ4n) is 1.83. The number of aliphatic hydroxyl groups excluding tert-OH is 1. The van der Waals surface area contributed by atoms with Crippen molar-refractivity contribution in [3.63, 3.8) is 0 Å². The lowest BCUT2D eigenvalue weighted by Crippen LogP contribution is -2.39. The molecule has 5 nitrogen and oxygen atoms in total. The second kappa shape index (κ2) is 7.72. The first-order valence-electron chi connectivity index (χ1n) is 6.32. The van der Waals surface area contributed by atoms with Gasteiger partial charge in [-0.2, -0.15) is 0 Å². The predicted molar refractivity (Wildman–Crippen MR) is 71.2 cm³/mol. The summed E-state index contributed by atoms with van der Waals surface area (Å²) in [7, 11) is 0. The molecule has 6 heteroatoms. The number of rotatable bonds is 8. The van der Waals surface area contributed by atoms with Gasteiger partial charge in [-0.1, -0.05) is 0 Å². The lowest BCUT2D eigenvalue weighted by molar-refractivity contribution is -0.137. The Hall–Kier alpha value is -1.79. The number of hydrogen-bond donors (Lipinski definition) is 3. The van der Waals surface area contributed by atoms with Crippen LogP contribution in [0.2, 0.25) is 0 Å². The van der Waals surface area contributed by atoms with Crippen molar-refractivity contribution in [3.8, 4) is 0 Å². The van der Waals surface area contributed by atoms with Crippen LogP contribution >= 0.6 is 0 Å². The van der Waals surface area contributed by atoms with Crippen LogP contribution < -0.4 is 5.32 Å². The number of hydrogen-bond acceptors (Lipinski definition) is 4. The molecule has 1 unspecified atom stereocenters. The molecular formula is C14H18FNO4. The topological polar surface area (TPSA) is 86.6 Å². The third-order valence-electron chi connectivity index (χ3n) is 2.91. The molecule has 110 valence electrons. The molecule has 0 saturated heterocycles. The van der Waals surface area contributed by atoms with E-state index in [1.807, 2.05) is 0 Å². The van der Waals surface area contributed by atoms with Gasteiger partial charge in [0.05, 0.1) is 12.6 Å². The van der Waals surface area contributed by atoms with Crippen LogP contribution in [0.25, 0.3) is 0 Å². The van der Waals surface area contributed by atoms with Gasteiger partial charge in [0, 0.05) is 18.5 Å². The molecule has 0 aromatic heterocycles. The number of aliphatic carboxylic acids is 1. The van der Waals surface area contributed by atoms with Crippen molar-refractivity contribution in [2.45, 2.75) is 25.8 Å². The monoisotopic (exact) mass is 283 g/mol. The summed E-state index contributed by atoms with van der Waals surface area (Å²) in [5.74, 6) is -1.70. The van der Waals surface area contributed by atoms with Crippen molar-refractivity contribution in [2.24, 2.45) is 0 Å². The van der Waals surface area contributed by atoms with E-state index in [-0.39, 0.29) is 31.8 Å². The molecule has 0 aliphatic carbocycles. The van der Waals surface area contributed by atoms with Crippen molar-refractivity contribution < 1.29 is 24.2 Å². The van der Waals surface area contributed by atoms with Gasteiger partial charge >= 0.3 is 5.97 Å². The maximum absolute atomic E-state index is 13.2.